The molecule has 264 valence electrons. The summed E-state index contributed by atoms with van der Waals surface area (Å²) in [5.41, 5.74) is -0.445. The Balaban J connectivity index is 0.000000580. The maximum atomic E-state index is 10.2. The number of aliphatic hydroxyl groups excluding tert-OH is 2. The standard InChI is InChI=1S/C12H24O2.2C10H20.C7H8O4/c13-10-12(11-14)8-6-4-2-1-3-5-7-9-12;2*1-2-4-6-8-10-9-7-5-3-1;1-4(6(8)9)3-5(2)7(10)11/h13-14H,1-11H2;2*1-10H2;3H,1H2,2H3,(H,8,9)(H,10,11). The van der Waals surface area contributed by atoms with Gasteiger partial charge in [0.2, 0.25) is 0 Å². The van der Waals surface area contributed by atoms with Crippen LogP contribution >= 0.6 is 0 Å². The summed E-state index contributed by atoms with van der Waals surface area (Å²) in [7, 11) is 0. The van der Waals surface area contributed by atoms with Crippen LogP contribution in [0.5, 0.6) is 0 Å². The van der Waals surface area contributed by atoms with E-state index in [0.717, 1.165) is 18.9 Å². The molecule has 4 N–H and O–H groups in total. The minimum Gasteiger partial charge on any atom is -0.478 e. The molecule has 3 rings (SSSR count). The largest absolute Gasteiger partial charge is 0.478 e. The van der Waals surface area contributed by atoms with Crippen LogP contribution in [0.25, 0.3) is 0 Å². The van der Waals surface area contributed by atoms with Gasteiger partial charge < -0.3 is 20.4 Å². The normalized spacial score (nSPS) is 20.9. The van der Waals surface area contributed by atoms with E-state index in [1.54, 1.807) is 0 Å². The Kier molecular flexibility index (Phi) is 29.8. The maximum Gasteiger partial charge on any atom is 0.335 e. The van der Waals surface area contributed by atoms with E-state index in [1.165, 1.54) is 180 Å². The summed E-state index contributed by atoms with van der Waals surface area (Å²) in [5, 5.41) is 35.3. The Hall–Kier alpha value is -1.66. The van der Waals surface area contributed by atoms with Crippen LogP contribution in [0.3, 0.4) is 0 Å². The van der Waals surface area contributed by atoms with Crippen LogP contribution < -0.4 is 0 Å². The Morgan fingerprint density at radius 2 is 0.711 bits per heavy atom. The summed E-state index contributed by atoms with van der Waals surface area (Å²) in [6.45, 7) is 4.75. The number of rotatable bonds is 5. The van der Waals surface area contributed by atoms with Gasteiger partial charge in [0.05, 0.1) is 18.8 Å². The number of carboxylic acid groups (broad SMARTS) is 2. The van der Waals surface area contributed by atoms with Crippen LogP contribution in [0.15, 0.2) is 23.8 Å². The lowest BCUT2D eigenvalue weighted by Gasteiger charge is -2.30. The van der Waals surface area contributed by atoms with E-state index >= 15 is 0 Å². The summed E-state index contributed by atoms with van der Waals surface area (Å²) in [6.07, 6.45) is 41.9. The lowest BCUT2D eigenvalue weighted by molar-refractivity contribution is -0.132. The van der Waals surface area contributed by atoms with Crippen molar-refractivity contribution >= 4 is 11.9 Å². The fraction of sp³-hybridized carbons (Fsp3) is 0.846. The minimum absolute atomic E-state index is 0.0441. The molecule has 3 aliphatic carbocycles. The first-order valence-electron chi connectivity index (χ1n) is 18.8. The van der Waals surface area contributed by atoms with Crippen LogP contribution in [0.1, 0.15) is 193 Å². The minimum atomic E-state index is -1.22. The van der Waals surface area contributed by atoms with Gasteiger partial charge >= 0.3 is 11.9 Å². The van der Waals surface area contributed by atoms with Gasteiger partial charge in [0, 0.05) is 11.0 Å². The molecule has 0 spiro atoms. The molecule has 6 nitrogen and oxygen atoms in total. The van der Waals surface area contributed by atoms with Crippen molar-refractivity contribution < 1.29 is 30.0 Å². The second-order valence-electron chi connectivity index (χ2n) is 13.8. The monoisotopic (exact) mass is 637 g/mol. The molecule has 0 aromatic carbocycles. The van der Waals surface area contributed by atoms with Crippen molar-refractivity contribution in [2.45, 2.75) is 193 Å². The number of hydrogen-bond acceptors (Lipinski definition) is 4. The maximum absolute atomic E-state index is 10.2. The van der Waals surface area contributed by atoms with Crippen LogP contribution in [0.2, 0.25) is 0 Å². The second-order valence-corrected chi connectivity index (χ2v) is 13.8. The summed E-state index contributed by atoms with van der Waals surface area (Å²) in [4.78, 5) is 20.3. The van der Waals surface area contributed by atoms with Gasteiger partial charge in [-0.25, -0.2) is 9.59 Å². The summed E-state index contributed by atoms with van der Waals surface area (Å²) in [6, 6.07) is 0. The molecule has 3 saturated carbocycles. The summed E-state index contributed by atoms with van der Waals surface area (Å²) in [5.74, 6) is -2.36. The zero-order valence-electron chi connectivity index (χ0n) is 29.3. The van der Waals surface area contributed by atoms with Crippen molar-refractivity contribution in [3.05, 3.63) is 23.8 Å². The summed E-state index contributed by atoms with van der Waals surface area (Å²) >= 11 is 0. The number of carboxylic acids is 2. The average molecular weight is 637 g/mol. The fourth-order valence-corrected chi connectivity index (χ4v) is 6.30. The lowest BCUT2D eigenvalue weighted by Crippen LogP contribution is -2.30. The first-order chi connectivity index (χ1) is 21.8. The van der Waals surface area contributed by atoms with E-state index in [0.29, 0.717) is 0 Å². The van der Waals surface area contributed by atoms with E-state index in [-0.39, 0.29) is 29.8 Å². The van der Waals surface area contributed by atoms with E-state index < -0.39 is 11.9 Å². The zero-order chi connectivity index (χ0) is 33.4. The van der Waals surface area contributed by atoms with Gasteiger partial charge in [-0.15, -0.1) is 0 Å². The smallest absolute Gasteiger partial charge is 0.335 e. The quantitative estimate of drug-likeness (QED) is 0.176. The third kappa shape index (κ3) is 27.2. The molecule has 3 aliphatic rings. The van der Waals surface area contributed by atoms with Gasteiger partial charge in [0.1, 0.15) is 0 Å². The Bertz CT molecular complexity index is 656. The van der Waals surface area contributed by atoms with Gasteiger partial charge in [-0.1, -0.05) is 180 Å². The van der Waals surface area contributed by atoms with E-state index in [1.807, 2.05) is 0 Å². The molecule has 0 bridgehead atoms. The van der Waals surface area contributed by atoms with E-state index in [4.69, 9.17) is 10.2 Å². The van der Waals surface area contributed by atoms with Crippen molar-refractivity contribution in [1.29, 1.82) is 0 Å². The first kappa shape index (κ1) is 43.3. The second kappa shape index (κ2) is 31.0. The highest BCUT2D eigenvalue weighted by atomic mass is 16.4. The van der Waals surface area contributed by atoms with Crippen LogP contribution in [-0.2, 0) is 9.59 Å². The number of aliphatic carboxylic acids is 2. The molecular formula is C39H72O6. The number of hydrogen-bond donors (Lipinski definition) is 4. The molecule has 0 saturated heterocycles. The molecule has 0 amide bonds. The molecular weight excluding hydrogens is 564 g/mol. The molecule has 0 aromatic heterocycles. The van der Waals surface area contributed by atoms with Gasteiger partial charge in [0.25, 0.3) is 0 Å². The number of carbonyl (C=O) groups is 2. The highest BCUT2D eigenvalue weighted by Crippen LogP contribution is 2.32. The van der Waals surface area contributed by atoms with Crippen LogP contribution in [0.4, 0.5) is 0 Å². The van der Waals surface area contributed by atoms with Crippen molar-refractivity contribution in [2.75, 3.05) is 13.2 Å². The Morgan fingerprint density at radius 3 is 0.889 bits per heavy atom. The molecule has 0 heterocycles. The molecule has 0 unspecified atom stereocenters. The van der Waals surface area contributed by atoms with Gasteiger partial charge in [-0.05, 0) is 25.8 Å². The zero-order valence-corrected chi connectivity index (χ0v) is 29.3. The lowest BCUT2D eigenvalue weighted by atomic mass is 9.78. The predicted molar refractivity (Wildman–Crippen MR) is 189 cm³/mol. The summed E-state index contributed by atoms with van der Waals surface area (Å²) < 4.78 is 0. The molecule has 3 fully saturated rings. The fourth-order valence-electron chi connectivity index (χ4n) is 6.30. The van der Waals surface area contributed by atoms with Crippen molar-refractivity contribution in [2.24, 2.45) is 5.41 Å². The molecule has 0 atom stereocenters. The predicted octanol–water partition coefficient (Wildman–Crippen LogP) is 10.9. The molecule has 45 heavy (non-hydrogen) atoms. The van der Waals surface area contributed by atoms with Gasteiger partial charge in [-0.3, -0.25) is 0 Å². The molecule has 6 heteroatoms. The first-order valence-corrected chi connectivity index (χ1v) is 18.8. The number of aliphatic hydroxyl groups is 2. The highest BCUT2D eigenvalue weighted by Gasteiger charge is 2.27. The SMILES string of the molecule is C1CCCCCCCCC1.C1CCCCCCCCC1.C=C(C=C(C)C(=O)O)C(=O)O.OCC1(CO)CCCCCCCCC1. The van der Waals surface area contributed by atoms with Gasteiger partial charge in [0.15, 0.2) is 0 Å². The van der Waals surface area contributed by atoms with E-state index in [9.17, 15) is 19.8 Å². The van der Waals surface area contributed by atoms with Crippen LogP contribution in [-0.4, -0.2) is 45.6 Å². The highest BCUT2D eigenvalue weighted by molar-refractivity contribution is 5.93. The molecule has 0 aromatic rings. The Morgan fingerprint density at radius 1 is 0.489 bits per heavy atom. The van der Waals surface area contributed by atoms with Gasteiger partial charge in [-0.2, -0.15) is 0 Å². The molecule has 0 radical (unpaired) electrons. The molecule has 0 aliphatic heterocycles. The topological polar surface area (TPSA) is 115 Å². The average Bonchev–Trinajstić information content (AvgIpc) is 3.06. The van der Waals surface area contributed by atoms with E-state index in [2.05, 4.69) is 6.58 Å². The van der Waals surface area contributed by atoms with Crippen molar-refractivity contribution in [3.8, 4) is 0 Å². The third-order valence-electron chi connectivity index (χ3n) is 9.59. The Labute approximate surface area is 277 Å². The van der Waals surface area contributed by atoms with Crippen molar-refractivity contribution in [3.63, 3.8) is 0 Å². The van der Waals surface area contributed by atoms with Crippen LogP contribution in [0, 0.1) is 5.41 Å². The third-order valence-corrected chi connectivity index (χ3v) is 9.59. The van der Waals surface area contributed by atoms with Crippen molar-refractivity contribution in [1.82, 2.24) is 0 Å².